The van der Waals surface area contributed by atoms with E-state index in [-0.39, 0.29) is 0 Å². The number of aliphatic hydroxyl groups is 1. The minimum Gasteiger partial charge on any atom is -0.462 e. The van der Waals surface area contributed by atoms with E-state index >= 15 is 0 Å². The summed E-state index contributed by atoms with van der Waals surface area (Å²) < 4.78 is 5.40. The highest BCUT2D eigenvalue weighted by Gasteiger charge is 2.11. The maximum atomic E-state index is 9.46. The van der Waals surface area contributed by atoms with Gasteiger partial charge in [-0.25, -0.2) is 0 Å². The van der Waals surface area contributed by atoms with Crippen LogP contribution in [0.5, 0.6) is 0 Å². The summed E-state index contributed by atoms with van der Waals surface area (Å²) in [5, 5.41) is 10.5. The maximum absolute atomic E-state index is 9.46. The SMILES string of the molecule is CC(C)c1coc2cnc(C(C)O)cc12. The molecular weight excluding hydrogens is 190 g/mol. The van der Waals surface area contributed by atoms with E-state index < -0.39 is 6.10 Å². The molecule has 0 aliphatic rings. The first-order valence-electron chi connectivity index (χ1n) is 5.14. The smallest absolute Gasteiger partial charge is 0.152 e. The first-order chi connectivity index (χ1) is 7.09. The number of nitrogens with zero attached hydrogens (tertiary/aromatic N) is 1. The predicted octanol–water partition coefficient (Wildman–Crippen LogP) is 3.00. The predicted molar refractivity (Wildman–Crippen MR) is 58.7 cm³/mol. The third-order valence-electron chi connectivity index (χ3n) is 2.56. The van der Waals surface area contributed by atoms with Gasteiger partial charge in [-0.1, -0.05) is 13.8 Å². The van der Waals surface area contributed by atoms with Gasteiger partial charge in [-0.2, -0.15) is 0 Å². The molecule has 2 heterocycles. The quantitative estimate of drug-likeness (QED) is 0.819. The summed E-state index contributed by atoms with van der Waals surface area (Å²) in [5.41, 5.74) is 2.63. The molecule has 0 spiro atoms. The second kappa shape index (κ2) is 3.66. The van der Waals surface area contributed by atoms with Gasteiger partial charge in [0.1, 0.15) is 0 Å². The fraction of sp³-hybridized carbons (Fsp3) is 0.417. The van der Waals surface area contributed by atoms with Crippen molar-refractivity contribution in [3.63, 3.8) is 0 Å². The Balaban J connectivity index is 2.61. The van der Waals surface area contributed by atoms with Crippen LogP contribution in [0.15, 0.2) is 22.9 Å². The van der Waals surface area contributed by atoms with Crippen LogP contribution in [0.3, 0.4) is 0 Å². The normalized spacial score (nSPS) is 13.7. The van der Waals surface area contributed by atoms with Crippen molar-refractivity contribution in [1.29, 1.82) is 0 Å². The molecule has 0 aliphatic carbocycles. The van der Waals surface area contributed by atoms with Gasteiger partial charge in [0, 0.05) is 10.9 Å². The summed E-state index contributed by atoms with van der Waals surface area (Å²) in [5.74, 6) is 0.412. The van der Waals surface area contributed by atoms with E-state index in [0.29, 0.717) is 11.6 Å². The number of furan rings is 1. The van der Waals surface area contributed by atoms with Crippen LogP contribution in [0.1, 0.15) is 44.1 Å². The molecule has 3 nitrogen and oxygen atoms in total. The molecule has 2 aromatic heterocycles. The minimum absolute atomic E-state index is 0.412. The Morgan fingerprint density at radius 1 is 1.33 bits per heavy atom. The molecule has 0 saturated carbocycles. The Kier molecular flexibility index (Phi) is 2.49. The van der Waals surface area contributed by atoms with Gasteiger partial charge in [-0.3, -0.25) is 4.98 Å². The van der Waals surface area contributed by atoms with Crippen LogP contribution in [0.25, 0.3) is 11.0 Å². The average molecular weight is 205 g/mol. The van der Waals surface area contributed by atoms with Crippen molar-refractivity contribution in [3.8, 4) is 0 Å². The van der Waals surface area contributed by atoms with E-state index in [1.54, 1.807) is 19.4 Å². The average Bonchev–Trinajstić information content (AvgIpc) is 2.59. The highest BCUT2D eigenvalue weighted by molar-refractivity contribution is 5.81. The van der Waals surface area contributed by atoms with Gasteiger partial charge in [0.15, 0.2) is 5.58 Å². The lowest BCUT2D eigenvalue weighted by Gasteiger charge is -2.04. The standard InChI is InChI=1S/C12H15NO2/c1-7(2)10-6-15-12-5-13-11(8(3)14)4-9(10)12/h4-8,14H,1-3H3. The number of aromatic nitrogens is 1. The fourth-order valence-corrected chi connectivity index (χ4v) is 1.64. The van der Waals surface area contributed by atoms with Crippen molar-refractivity contribution in [3.05, 3.63) is 29.8 Å². The molecule has 1 N–H and O–H groups in total. The van der Waals surface area contributed by atoms with Crippen molar-refractivity contribution < 1.29 is 9.52 Å². The van der Waals surface area contributed by atoms with Crippen molar-refractivity contribution in [2.24, 2.45) is 0 Å². The lowest BCUT2D eigenvalue weighted by atomic mass is 10.0. The summed E-state index contributed by atoms with van der Waals surface area (Å²) in [6.07, 6.45) is 2.90. The van der Waals surface area contributed by atoms with Crippen molar-refractivity contribution in [2.45, 2.75) is 32.8 Å². The van der Waals surface area contributed by atoms with Gasteiger partial charge < -0.3 is 9.52 Å². The van der Waals surface area contributed by atoms with E-state index in [2.05, 4.69) is 18.8 Å². The van der Waals surface area contributed by atoms with E-state index in [9.17, 15) is 5.11 Å². The van der Waals surface area contributed by atoms with Crippen LogP contribution < -0.4 is 0 Å². The molecule has 2 rings (SSSR count). The molecule has 1 atom stereocenters. The zero-order chi connectivity index (χ0) is 11.0. The van der Waals surface area contributed by atoms with E-state index in [1.807, 2.05) is 6.07 Å². The summed E-state index contributed by atoms with van der Waals surface area (Å²) >= 11 is 0. The third-order valence-corrected chi connectivity index (χ3v) is 2.56. The molecule has 3 heteroatoms. The Morgan fingerprint density at radius 2 is 2.07 bits per heavy atom. The van der Waals surface area contributed by atoms with Gasteiger partial charge in [0.2, 0.25) is 0 Å². The summed E-state index contributed by atoms with van der Waals surface area (Å²) in [7, 11) is 0. The number of hydrogen-bond donors (Lipinski definition) is 1. The van der Waals surface area contributed by atoms with Crippen LogP contribution in [0, 0.1) is 0 Å². The van der Waals surface area contributed by atoms with Crippen LogP contribution in [-0.4, -0.2) is 10.1 Å². The first-order valence-corrected chi connectivity index (χ1v) is 5.14. The van der Waals surface area contributed by atoms with Crippen LogP contribution in [-0.2, 0) is 0 Å². The molecule has 0 amide bonds. The Bertz CT molecular complexity index is 471. The fourth-order valence-electron chi connectivity index (χ4n) is 1.64. The maximum Gasteiger partial charge on any atom is 0.152 e. The number of hydrogen-bond acceptors (Lipinski definition) is 3. The Morgan fingerprint density at radius 3 is 2.67 bits per heavy atom. The molecular formula is C12H15NO2. The lowest BCUT2D eigenvalue weighted by molar-refractivity contribution is 0.194. The lowest BCUT2D eigenvalue weighted by Crippen LogP contribution is -1.95. The first kappa shape index (κ1) is 10.2. The topological polar surface area (TPSA) is 46.3 Å². The summed E-state index contributed by atoms with van der Waals surface area (Å²) in [6.45, 7) is 5.95. The van der Waals surface area contributed by atoms with E-state index in [4.69, 9.17) is 4.42 Å². The molecule has 0 aliphatic heterocycles. The van der Waals surface area contributed by atoms with Gasteiger partial charge in [0.05, 0.1) is 24.3 Å². The molecule has 0 saturated heterocycles. The van der Waals surface area contributed by atoms with Gasteiger partial charge in [-0.05, 0) is 18.9 Å². The number of fused-ring (bicyclic) bond motifs is 1. The van der Waals surface area contributed by atoms with Crippen molar-refractivity contribution in [2.75, 3.05) is 0 Å². The molecule has 1 unspecified atom stereocenters. The molecule has 0 bridgehead atoms. The molecule has 0 fully saturated rings. The zero-order valence-electron chi connectivity index (χ0n) is 9.19. The van der Waals surface area contributed by atoms with Crippen molar-refractivity contribution in [1.82, 2.24) is 4.98 Å². The number of rotatable bonds is 2. The monoisotopic (exact) mass is 205 g/mol. The van der Waals surface area contributed by atoms with Crippen molar-refractivity contribution >= 4 is 11.0 Å². The summed E-state index contributed by atoms with van der Waals surface area (Å²) in [6, 6.07) is 1.90. The van der Waals surface area contributed by atoms with Crippen LogP contribution >= 0.6 is 0 Å². The molecule has 80 valence electrons. The molecule has 15 heavy (non-hydrogen) atoms. The second-order valence-corrected chi connectivity index (χ2v) is 4.13. The van der Waals surface area contributed by atoms with E-state index in [0.717, 1.165) is 16.5 Å². The highest BCUT2D eigenvalue weighted by atomic mass is 16.3. The third kappa shape index (κ3) is 1.75. The Labute approximate surface area is 88.7 Å². The van der Waals surface area contributed by atoms with Gasteiger partial charge >= 0.3 is 0 Å². The van der Waals surface area contributed by atoms with Crippen LogP contribution in [0.2, 0.25) is 0 Å². The zero-order valence-corrected chi connectivity index (χ0v) is 9.19. The van der Waals surface area contributed by atoms with Gasteiger partial charge in [0.25, 0.3) is 0 Å². The molecule has 0 aromatic carbocycles. The van der Waals surface area contributed by atoms with Crippen LogP contribution in [0.4, 0.5) is 0 Å². The summed E-state index contributed by atoms with van der Waals surface area (Å²) in [4.78, 5) is 4.14. The van der Waals surface area contributed by atoms with Gasteiger partial charge in [-0.15, -0.1) is 0 Å². The number of aliphatic hydroxyl groups excluding tert-OH is 1. The van der Waals surface area contributed by atoms with E-state index in [1.165, 1.54) is 0 Å². The second-order valence-electron chi connectivity index (χ2n) is 4.13. The molecule has 0 radical (unpaired) electrons. The largest absolute Gasteiger partial charge is 0.462 e. The Hall–Kier alpha value is -1.35. The molecule has 2 aromatic rings. The number of pyridine rings is 1. The minimum atomic E-state index is -0.538. The highest BCUT2D eigenvalue weighted by Crippen LogP contribution is 2.28.